The van der Waals surface area contributed by atoms with E-state index in [9.17, 15) is 9.59 Å². The first-order valence-electron chi connectivity index (χ1n) is 8.72. The van der Waals surface area contributed by atoms with Crippen molar-refractivity contribution in [2.45, 2.75) is 45.6 Å². The molecule has 0 saturated heterocycles. The first-order chi connectivity index (χ1) is 12.2. The van der Waals surface area contributed by atoms with E-state index in [4.69, 9.17) is 10.5 Å². The molecule has 138 valence electrons. The van der Waals surface area contributed by atoms with Crippen molar-refractivity contribution < 1.29 is 14.3 Å². The smallest absolute Gasteiger partial charge is 0.421 e. The van der Waals surface area contributed by atoms with Gasteiger partial charge in [0, 0.05) is 17.2 Å². The third-order valence-electron chi connectivity index (χ3n) is 4.27. The summed E-state index contributed by atoms with van der Waals surface area (Å²) in [6, 6.07) is 7.26. The molecule has 0 bridgehead atoms. The van der Waals surface area contributed by atoms with E-state index < -0.39 is 11.7 Å². The van der Waals surface area contributed by atoms with Gasteiger partial charge in [0.2, 0.25) is 11.9 Å². The molecule has 1 amide bonds. The maximum Gasteiger partial charge on any atom is 0.421 e. The number of ether oxygens (including phenoxy) is 1. The van der Waals surface area contributed by atoms with E-state index in [1.54, 1.807) is 26.8 Å². The lowest BCUT2D eigenvalue weighted by Crippen LogP contribution is -2.28. The average molecular weight is 356 g/mol. The van der Waals surface area contributed by atoms with Crippen molar-refractivity contribution in [3.63, 3.8) is 0 Å². The molecule has 26 heavy (non-hydrogen) atoms. The largest absolute Gasteiger partial charge is 0.443 e. The molecule has 0 radical (unpaired) electrons. The molecular weight excluding hydrogens is 332 g/mol. The van der Waals surface area contributed by atoms with Crippen LogP contribution in [0, 0.1) is 5.92 Å². The van der Waals surface area contributed by atoms with Gasteiger partial charge in [-0.15, -0.1) is 0 Å². The molecule has 3 N–H and O–H groups in total. The van der Waals surface area contributed by atoms with Crippen LogP contribution in [0.25, 0.3) is 11.3 Å². The van der Waals surface area contributed by atoms with Crippen LogP contribution in [0.1, 0.15) is 40.0 Å². The van der Waals surface area contributed by atoms with Gasteiger partial charge < -0.3 is 15.8 Å². The number of nitrogen functional groups attached to an aromatic ring is 1. The van der Waals surface area contributed by atoms with Crippen molar-refractivity contribution in [1.29, 1.82) is 0 Å². The predicted octanol–water partition coefficient (Wildman–Crippen LogP) is 3.65. The molecule has 1 aromatic carbocycles. The van der Waals surface area contributed by atoms with E-state index in [2.05, 4.69) is 10.3 Å². The van der Waals surface area contributed by atoms with Crippen molar-refractivity contribution in [1.82, 2.24) is 9.55 Å². The molecule has 0 atom stereocenters. The highest BCUT2D eigenvalue weighted by atomic mass is 16.6. The number of amides is 1. The zero-order chi connectivity index (χ0) is 18.9. The van der Waals surface area contributed by atoms with Crippen molar-refractivity contribution >= 4 is 23.6 Å². The first-order valence-corrected chi connectivity index (χ1v) is 8.72. The van der Waals surface area contributed by atoms with Gasteiger partial charge in [0.25, 0.3) is 0 Å². The lowest BCUT2D eigenvalue weighted by molar-refractivity contribution is -0.122. The van der Waals surface area contributed by atoms with Gasteiger partial charge >= 0.3 is 6.09 Å². The predicted molar refractivity (Wildman–Crippen MR) is 99.7 cm³/mol. The normalized spacial score (nSPS) is 14.6. The number of carbonyl (C=O) groups excluding carboxylic acids is 2. The number of anilines is 2. The summed E-state index contributed by atoms with van der Waals surface area (Å²) in [4.78, 5) is 28.7. The molecule has 2 aromatic rings. The molecule has 7 nitrogen and oxygen atoms in total. The van der Waals surface area contributed by atoms with E-state index in [0.717, 1.165) is 19.3 Å². The second kappa shape index (κ2) is 6.82. The minimum absolute atomic E-state index is 0.0357. The lowest BCUT2D eigenvalue weighted by Gasteiger charge is -2.24. The molecule has 3 rings (SSSR count). The van der Waals surface area contributed by atoms with E-state index in [0.29, 0.717) is 16.9 Å². The SMILES string of the molecule is CC(C)(C)OC(=O)n1c(-c2cccc(NC(=O)C3CCC3)c2)cnc1N. The van der Waals surface area contributed by atoms with Gasteiger partial charge in [0.15, 0.2) is 0 Å². The van der Waals surface area contributed by atoms with Crippen molar-refractivity contribution in [3.05, 3.63) is 30.5 Å². The number of nitrogens with two attached hydrogens (primary N) is 1. The van der Waals surface area contributed by atoms with E-state index in [1.165, 1.54) is 10.8 Å². The van der Waals surface area contributed by atoms with Crippen LogP contribution in [0.5, 0.6) is 0 Å². The highest BCUT2D eigenvalue weighted by molar-refractivity contribution is 5.93. The Morgan fingerprint density at radius 3 is 2.65 bits per heavy atom. The zero-order valence-corrected chi connectivity index (χ0v) is 15.3. The summed E-state index contributed by atoms with van der Waals surface area (Å²) >= 11 is 0. The third-order valence-corrected chi connectivity index (χ3v) is 4.27. The van der Waals surface area contributed by atoms with Crippen LogP contribution in [0.4, 0.5) is 16.4 Å². The topological polar surface area (TPSA) is 99.2 Å². The van der Waals surface area contributed by atoms with Crippen molar-refractivity contribution in [2.24, 2.45) is 5.92 Å². The Balaban J connectivity index is 1.86. The molecule has 7 heteroatoms. The van der Waals surface area contributed by atoms with Crippen molar-refractivity contribution in [2.75, 3.05) is 11.1 Å². The Bertz CT molecular complexity index is 832. The quantitative estimate of drug-likeness (QED) is 0.874. The number of imidazole rings is 1. The number of nitrogens with zero attached hydrogens (tertiary/aromatic N) is 2. The molecule has 0 aliphatic heterocycles. The number of carbonyl (C=O) groups is 2. The minimum atomic E-state index is -0.649. The zero-order valence-electron chi connectivity index (χ0n) is 15.3. The molecule has 1 heterocycles. The number of nitrogens with one attached hydrogen (secondary N) is 1. The third kappa shape index (κ3) is 3.87. The fraction of sp³-hybridized carbons (Fsp3) is 0.421. The summed E-state index contributed by atoms with van der Waals surface area (Å²) < 4.78 is 6.64. The standard InChI is InChI=1S/C19H24N4O3/c1-19(2,3)26-18(25)23-15(11-21-17(23)20)13-8-5-9-14(10-13)22-16(24)12-6-4-7-12/h5,8-12H,4,6-7H2,1-3H3,(H2,20,21)(H,22,24). The lowest BCUT2D eigenvalue weighted by atomic mass is 9.85. The highest BCUT2D eigenvalue weighted by Crippen LogP contribution is 2.29. The second-order valence-corrected chi connectivity index (χ2v) is 7.52. The summed E-state index contributed by atoms with van der Waals surface area (Å²) in [5.74, 6) is 0.188. The van der Waals surface area contributed by atoms with Crippen LogP contribution in [-0.4, -0.2) is 27.2 Å². The maximum atomic E-state index is 12.5. The minimum Gasteiger partial charge on any atom is -0.443 e. The molecule has 1 saturated carbocycles. The van der Waals surface area contributed by atoms with Crippen LogP contribution in [0.3, 0.4) is 0 Å². The number of hydrogen-bond donors (Lipinski definition) is 2. The fourth-order valence-corrected chi connectivity index (χ4v) is 2.74. The van der Waals surface area contributed by atoms with E-state index in [1.807, 2.05) is 18.2 Å². The van der Waals surface area contributed by atoms with Crippen LogP contribution < -0.4 is 11.1 Å². The molecule has 1 aliphatic rings. The number of benzene rings is 1. The maximum absolute atomic E-state index is 12.5. The Morgan fingerprint density at radius 2 is 2.04 bits per heavy atom. The number of hydrogen-bond acceptors (Lipinski definition) is 5. The summed E-state index contributed by atoms with van der Waals surface area (Å²) in [6.07, 6.45) is 3.91. The highest BCUT2D eigenvalue weighted by Gasteiger charge is 2.26. The molecule has 1 aromatic heterocycles. The van der Waals surface area contributed by atoms with Gasteiger partial charge in [-0.1, -0.05) is 18.6 Å². The molecule has 0 spiro atoms. The van der Waals surface area contributed by atoms with Gasteiger partial charge in [-0.25, -0.2) is 14.3 Å². The van der Waals surface area contributed by atoms with Gasteiger partial charge in [-0.2, -0.15) is 0 Å². The van der Waals surface area contributed by atoms with Crippen LogP contribution >= 0.6 is 0 Å². The monoisotopic (exact) mass is 356 g/mol. The first kappa shape index (κ1) is 18.0. The molecule has 1 fully saturated rings. The van der Waals surface area contributed by atoms with Gasteiger partial charge in [0.1, 0.15) is 5.60 Å². The Hall–Kier alpha value is -2.83. The van der Waals surface area contributed by atoms with Crippen LogP contribution in [0.15, 0.2) is 30.5 Å². The van der Waals surface area contributed by atoms with Crippen molar-refractivity contribution in [3.8, 4) is 11.3 Å². The van der Waals surface area contributed by atoms with Crippen LogP contribution in [-0.2, 0) is 9.53 Å². The molecular formula is C19H24N4O3. The van der Waals surface area contributed by atoms with Gasteiger partial charge in [-0.3, -0.25) is 4.79 Å². The van der Waals surface area contributed by atoms with Gasteiger partial charge in [-0.05, 0) is 45.7 Å². The van der Waals surface area contributed by atoms with E-state index in [-0.39, 0.29) is 17.8 Å². The number of rotatable bonds is 3. The van der Waals surface area contributed by atoms with E-state index >= 15 is 0 Å². The Morgan fingerprint density at radius 1 is 1.31 bits per heavy atom. The Labute approximate surface area is 152 Å². The van der Waals surface area contributed by atoms with Gasteiger partial charge in [0.05, 0.1) is 11.9 Å². The van der Waals surface area contributed by atoms with Crippen LogP contribution in [0.2, 0.25) is 0 Å². The molecule has 0 unspecified atom stereocenters. The Kier molecular flexibility index (Phi) is 4.71. The average Bonchev–Trinajstić information content (AvgIpc) is 2.85. The summed E-state index contributed by atoms with van der Waals surface area (Å²) in [5, 5.41) is 2.93. The molecule has 1 aliphatic carbocycles. The fourth-order valence-electron chi connectivity index (χ4n) is 2.74. The summed E-state index contributed by atoms with van der Waals surface area (Å²) in [6.45, 7) is 5.36. The summed E-state index contributed by atoms with van der Waals surface area (Å²) in [7, 11) is 0. The second-order valence-electron chi connectivity index (χ2n) is 7.52. The number of aromatic nitrogens is 2. The summed E-state index contributed by atoms with van der Waals surface area (Å²) in [5.41, 5.74) is 7.12.